The Labute approximate surface area is 175 Å². The molecule has 3 N–H and O–H groups in total. The van der Waals surface area contributed by atoms with Crippen molar-refractivity contribution in [3.05, 3.63) is 46.5 Å². The van der Waals surface area contributed by atoms with Crippen molar-refractivity contribution in [1.29, 1.82) is 0 Å². The van der Waals surface area contributed by atoms with Gasteiger partial charge in [0.2, 0.25) is 0 Å². The highest BCUT2D eigenvalue weighted by atomic mass is 32.1. The number of rotatable bonds is 8. The molecule has 0 saturated carbocycles. The number of nitrogen functional groups attached to an aromatic ring is 1. The van der Waals surface area contributed by atoms with E-state index in [4.69, 9.17) is 15.2 Å². The molecule has 1 amide bonds. The van der Waals surface area contributed by atoms with Gasteiger partial charge in [0.15, 0.2) is 11.5 Å². The van der Waals surface area contributed by atoms with Crippen molar-refractivity contribution in [1.82, 2.24) is 10.3 Å². The first kappa shape index (κ1) is 20.9. The molecule has 0 spiro atoms. The molecule has 154 valence electrons. The van der Waals surface area contributed by atoms with Crippen LogP contribution in [0.1, 0.15) is 34.8 Å². The topological polar surface area (TPSA) is 86.5 Å². The van der Waals surface area contributed by atoms with Gasteiger partial charge in [-0.25, -0.2) is 4.98 Å². The lowest BCUT2D eigenvalue weighted by atomic mass is 10.1. The van der Waals surface area contributed by atoms with Crippen molar-refractivity contribution < 1.29 is 14.3 Å². The van der Waals surface area contributed by atoms with Gasteiger partial charge in [0, 0.05) is 17.6 Å². The second-order valence-electron chi connectivity index (χ2n) is 7.29. The summed E-state index contributed by atoms with van der Waals surface area (Å²) in [7, 11) is 3.21. The van der Waals surface area contributed by atoms with Crippen LogP contribution in [-0.2, 0) is 12.8 Å². The summed E-state index contributed by atoms with van der Waals surface area (Å²) in [5.41, 5.74) is 8.79. The molecule has 29 heavy (non-hydrogen) atoms. The minimum absolute atomic E-state index is 0.170. The fourth-order valence-corrected chi connectivity index (χ4v) is 4.20. The molecule has 6 nitrogen and oxygen atoms in total. The molecule has 3 rings (SSSR count). The zero-order valence-electron chi connectivity index (χ0n) is 17.2. The summed E-state index contributed by atoms with van der Waals surface area (Å²) >= 11 is 1.35. The van der Waals surface area contributed by atoms with Gasteiger partial charge in [-0.05, 0) is 48.6 Å². The number of pyridine rings is 1. The number of ether oxygens (including phenoxy) is 2. The van der Waals surface area contributed by atoms with Crippen molar-refractivity contribution in [3.8, 4) is 11.5 Å². The van der Waals surface area contributed by atoms with Gasteiger partial charge in [-0.15, -0.1) is 11.3 Å². The van der Waals surface area contributed by atoms with Gasteiger partial charge in [-0.1, -0.05) is 19.9 Å². The number of hydrogen-bond acceptors (Lipinski definition) is 6. The number of amides is 1. The summed E-state index contributed by atoms with van der Waals surface area (Å²) in [5.74, 6) is 1.71. The number of nitrogens with zero attached hydrogens (tertiary/aromatic N) is 1. The fraction of sp³-hybridized carbons (Fsp3) is 0.364. The Morgan fingerprint density at radius 2 is 1.93 bits per heavy atom. The van der Waals surface area contributed by atoms with Crippen molar-refractivity contribution >= 4 is 33.1 Å². The number of aromatic nitrogens is 1. The normalized spacial score (nSPS) is 11.1. The number of benzene rings is 1. The predicted octanol–water partition coefficient (Wildman–Crippen LogP) is 4.07. The molecule has 7 heteroatoms. The Kier molecular flexibility index (Phi) is 6.59. The van der Waals surface area contributed by atoms with Crippen LogP contribution in [0.4, 0.5) is 5.69 Å². The molecular formula is C22H27N3O3S. The van der Waals surface area contributed by atoms with Gasteiger partial charge in [0.25, 0.3) is 5.91 Å². The van der Waals surface area contributed by atoms with E-state index in [9.17, 15) is 4.79 Å². The molecule has 0 atom stereocenters. The third kappa shape index (κ3) is 4.79. The molecule has 0 saturated heterocycles. The van der Waals surface area contributed by atoms with Crippen LogP contribution in [0.5, 0.6) is 11.5 Å². The van der Waals surface area contributed by atoms with E-state index in [1.165, 1.54) is 11.3 Å². The molecule has 2 heterocycles. The third-order valence-corrected chi connectivity index (χ3v) is 5.74. The number of nitrogens with two attached hydrogens (primary N) is 1. The first-order chi connectivity index (χ1) is 13.9. The molecule has 0 aliphatic heterocycles. The summed E-state index contributed by atoms with van der Waals surface area (Å²) in [6.07, 6.45) is 1.58. The van der Waals surface area contributed by atoms with Crippen LogP contribution in [0, 0.1) is 5.92 Å². The van der Waals surface area contributed by atoms with E-state index in [1.807, 2.05) is 30.3 Å². The van der Waals surface area contributed by atoms with E-state index in [2.05, 4.69) is 24.1 Å². The van der Waals surface area contributed by atoms with Crippen LogP contribution in [0.25, 0.3) is 10.2 Å². The summed E-state index contributed by atoms with van der Waals surface area (Å²) < 4.78 is 10.6. The Morgan fingerprint density at radius 3 is 2.62 bits per heavy atom. The van der Waals surface area contributed by atoms with Gasteiger partial charge >= 0.3 is 0 Å². The highest BCUT2D eigenvalue weighted by Crippen LogP contribution is 2.33. The molecular weight excluding hydrogens is 386 g/mol. The van der Waals surface area contributed by atoms with E-state index in [1.54, 1.807) is 14.2 Å². The lowest BCUT2D eigenvalue weighted by Crippen LogP contribution is -2.25. The van der Waals surface area contributed by atoms with E-state index in [-0.39, 0.29) is 5.91 Å². The lowest BCUT2D eigenvalue weighted by molar-refractivity contribution is 0.0959. The standard InChI is InChI=1S/C22H27N3O3S/c1-13(2)11-15-6-7-16-19(23)20(29-22(16)25-15)21(26)24-10-9-14-5-8-17(27-3)18(12-14)28-4/h5-8,12-13H,9-11,23H2,1-4H3,(H,24,26). The average Bonchev–Trinajstić information content (AvgIpc) is 3.03. The number of methoxy groups -OCH3 is 2. The maximum absolute atomic E-state index is 12.7. The lowest BCUT2D eigenvalue weighted by Gasteiger charge is -2.10. The molecule has 0 aliphatic rings. The van der Waals surface area contributed by atoms with E-state index in [0.29, 0.717) is 40.9 Å². The summed E-state index contributed by atoms with van der Waals surface area (Å²) in [6, 6.07) is 9.69. The van der Waals surface area contributed by atoms with E-state index in [0.717, 1.165) is 27.9 Å². The van der Waals surface area contributed by atoms with E-state index >= 15 is 0 Å². The first-order valence-electron chi connectivity index (χ1n) is 9.60. The van der Waals surface area contributed by atoms with Crippen LogP contribution in [0.15, 0.2) is 30.3 Å². The number of hydrogen-bond donors (Lipinski definition) is 2. The Morgan fingerprint density at radius 1 is 1.17 bits per heavy atom. The number of carbonyl (C=O) groups excluding carboxylic acids is 1. The zero-order valence-corrected chi connectivity index (χ0v) is 18.1. The monoisotopic (exact) mass is 413 g/mol. The maximum Gasteiger partial charge on any atom is 0.263 e. The second-order valence-corrected chi connectivity index (χ2v) is 8.29. The molecule has 0 bridgehead atoms. The summed E-state index contributed by atoms with van der Waals surface area (Å²) in [5, 5.41) is 3.79. The van der Waals surface area contributed by atoms with E-state index < -0.39 is 0 Å². The fourth-order valence-electron chi connectivity index (χ4n) is 3.17. The highest BCUT2D eigenvalue weighted by molar-refractivity contribution is 7.21. The van der Waals surface area contributed by atoms with Gasteiger partial charge < -0.3 is 20.5 Å². The van der Waals surface area contributed by atoms with Crippen LogP contribution in [-0.4, -0.2) is 31.7 Å². The molecule has 2 aromatic heterocycles. The Bertz CT molecular complexity index is 1010. The van der Waals surface area contributed by atoms with Crippen LogP contribution in [0.2, 0.25) is 0 Å². The van der Waals surface area contributed by atoms with Crippen LogP contribution in [0.3, 0.4) is 0 Å². The molecule has 3 aromatic rings. The minimum atomic E-state index is -0.170. The first-order valence-corrected chi connectivity index (χ1v) is 10.4. The molecule has 0 fully saturated rings. The van der Waals surface area contributed by atoms with Gasteiger partial charge in [-0.2, -0.15) is 0 Å². The van der Waals surface area contributed by atoms with Crippen molar-refractivity contribution in [2.24, 2.45) is 5.92 Å². The van der Waals surface area contributed by atoms with Crippen molar-refractivity contribution in [3.63, 3.8) is 0 Å². The molecule has 0 aliphatic carbocycles. The highest BCUT2D eigenvalue weighted by Gasteiger charge is 2.17. The number of anilines is 1. The smallest absolute Gasteiger partial charge is 0.263 e. The minimum Gasteiger partial charge on any atom is -0.493 e. The quantitative estimate of drug-likeness (QED) is 0.581. The number of carbonyl (C=O) groups is 1. The van der Waals surface area contributed by atoms with Crippen LogP contribution >= 0.6 is 11.3 Å². The second kappa shape index (κ2) is 9.13. The van der Waals surface area contributed by atoms with Crippen molar-refractivity contribution in [2.75, 3.05) is 26.5 Å². The third-order valence-electron chi connectivity index (χ3n) is 4.62. The number of fused-ring (bicyclic) bond motifs is 1. The summed E-state index contributed by atoms with van der Waals surface area (Å²) in [6.45, 7) is 4.81. The summed E-state index contributed by atoms with van der Waals surface area (Å²) in [4.78, 5) is 18.7. The van der Waals surface area contributed by atoms with Crippen molar-refractivity contribution in [2.45, 2.75) is 26.7 Å². The average molecular weight is 414 g/mol. The maximum atomic E-state index is 12.7. The number of thiophene rings is 1. The molecule has 1 aromatic carbocycles. The van der Waals surface area contributed by atoms with Gasteiger partial charge in [-0.3, -0.25) is 4.79 Å². The van der Waals surface area contributed by atoms with Gasteiger partial charge in [0.1, 0.15) is 9.71 Å². The van der Waals surface area contributed by atoms with Crippen LogP contribution < -0.4 is 20.5 Å². The number of nitrogens with one attached hydrogen (secondary N) is 1. The molecule has 0 unspecified atom stereocenters. The zero-order chi connectivity index (χ0) is 21.0. The SMILES string of the molecule is COc1ccc(CCNC(=O)c2sc3nc(CC(C)C)ccc3c2N)cc1OC. The predicted molar refractivity (Wildman–Crippen MR) is 118 cm³/mol. The van der Waals surface area contributed by atoms with Gasteiger partial charge in [0.05, 0.1) is 19.9 Å². The largest absolute Gasteiger partial charge is 0.493 e. The Balaban J connectivity index is 1.67. The Hall–Kier alpha value is -2.80. The molecule has 0 radical (unpaired) electrons.